The molecule has 1 fully saturated rings. The number of hydrogen-bond donors (Lipinski definition) is 1. The lowest BCUT2D eigenvalue weighted by atomic mass is 9.94. The second-order valence-corrected chi connectivity index (χ2v) is 5.99. The lowest BCUT2D eigenvalue weighted by Crippen LogP contribution is -2.39. The van der Waals surface area contributed by atoms with Crippen LogP contribution in [0.25, 0.3) is 11.0 Å². The van der Waals surface area contributed by atoms with Crippen LogP contribution in [-0.2, 0) is 0 Å². The standard InChI is InChI=1S/C18H18N4O/c23-18(13-5-8-19-9-6-13)22-10-2-4-15(12-22)16-11-14-3-1-7-20-17(14)21-16/h1,3,5-9,11,15H,2,4,10,12H2,(H,20,21). The van der Waals surface area contributed by atoms with E-state index in [0.717, 1.165) is 37.0 Å². The molecule has 5 heteroatoms. The van der Waals surface area contributed by atoms with Crippen LogP contribution in [0.2, 0.25) is 0 Å². The van der Waals surface area contributed by atoms with Crippen molar-refractivity contribution in [3.8, 4) is 0 Å². The number of hydrogen-bond acceptors (Lipinski definition) is 3. The van der Waals surface area contributed by atoms with Crippen LogP contribution in [-0.4, -0.2) is 38.8 Å². The van der Waals surface area contributed by atoms with Crippen LogP contribution in [0.4, 0.5) is 0 Å². The summed E-state index contributed by atoms with van der Waals surface area (Å²) < 4.78 is 0. The first-order valence-electron chi connectivity index (χ1n) is 7.94. The fraction of sp³-hybridized carbons (Fsp3) is 0.278. The SMILES string of the molecule is O=C(c1ccncc1)N1CCCC(c2cc3cccnc3[nH]2)C1. The minimum absolute atomic E-state index is 0.0892. The van der Waals surface area contributed by atoms with E-state index < -0.39 is 0 Å². The predicted molar refractivity (Wildman–Crippen MR) is 88.2 cm³/mol. The van der Waals surface area contributed by atoms with Gasteiger partial charge >= 0.3 is 0 Å². The molecule has 3 aromatic heterocycles. The van der Waals surface area contributed by atoms with E-state index in [0.29, 0.717) is 11.5 Å². The zero-order valence-corrected chi connectivity index (χ0v) is 12.8. The van der Waals surface area contributed by atoms with E-state index in [1.54, 1.807) is 30.7 Å². The first-order valence-corrected chi connectivity index (χ1v) is 7.94. The van der Waals surface area contributed by atoms with Crippen LogP contribution >= 0.6 is 0 Å². The number of aromatic nitrogens is 3. The molecule has 1 unspecified atom stereocenters. The number of nitrogens with one attached hydrogen (secondary N) is 1. The van der Waals surface area contributed by atoms with Gasteiger partial charge in [0.2, 0.25) is 0 Å². The molecule has 23 heavy (non-hydrogen) atoms. The number of aromatic amines is 1. The fourth-order valence-electron chi connectivity index (χ4n) is 3.29. The van der Waals surface area contributed by atoms with Gasteiger partial charge in [-0.15, -0.1) is 0 Å². The highest BCUT2D eigenvalue weighted by Gasteiger charge is 2.26. The lowest BCUT2D eigenvalue weighted by Gasteiger charge is -2.32. The Labute approximate surface area is 134 Å². The van der Waals surface area contributed by atoms with Gasteiger partial charge in [0.05, 0.1) is 0 Å². The van der Waals surface area contributed by atoms with Crippen molar-refractivity contribution < 1.29 is 4.79 Å². The minimum Gasteiger partial charge on any atom is -0.343 e. The molecule has 1 amide bonds. The van der Waals surface area contributed by atoms with Crippen molar-refractivity contribution in [1.29, 1.82) is 0 Å². The Morgan fingerprint density at radius 2 is 2.09 bits per heavy atom. The van der Waals surface area contributed by atoms with Crippen molar-refractivity contribution in [2.24, 2.45) is 0 Å². The number of rotatable bonds is 2. The van der Waals surface area contributed by atoms with E-state index >= 15 is 0 Å². The summed E-state index contributed by atoms with van der Waals surface area (Å²) in [6.45, 7) is 1.56. The van der Waals surface area contributed by atoms with E-state index in [9.17, 15) is 4.79 Å². The Morgan fingerprint density at radius 3 is 2.91 bits per heavy atom. The van der Waals surface area contributed by atoms with Crippen LogP contribution in [0.15, 0.2) is 48.9 Å². The molecule has 3 aromatic rings. The number of pyridine rings is 2. The molecular formula is C18H18N4O. The summed E-state index contributed by atoms with van der Waals surface area (Å²) in [5.41, 5.74) is 2.80. The predicted octanol–water partition coefficient (Wildman–Crippen LogP) is 2.98. The van der Waals surface area contributed by atoms with Crippen molar-refractivity contribution in [3.05, 3.63) is 60.2 Å². The highest BCUT2D eigenvalue weighted by molar-refractivity contribution is 5.94. The maximum absolute atomic E-state index is 12.6. The van der Waals surface area contributed by atoms with Gasteiger partial charge in [0.25, 0.3) is 5.91 Å². The average molecular weight is 306 g/mol. The number of fused-ring (bicyclic) bond motifs is 1. The molecule has 1 aliphatic rings. The molecule has 0 aliphatic carbocycles. The van der Waals surface area contributed by atoms with Crippen molar-refractivity contribution in [2.75, 3.05) is 13.1 Å². The van der Waals surface area contributed by atoms with E-state index in [1.165, 1.54) is 5.69 Å². The molecule has 4 rings (SSSR count). The highest BCUT2D eigenvalue weighted by atomic mass is 16.2. The summed E-state index contributed by atoms with van der Waals surface area (Å²) in [4.78, 5) is 26.3. The zero-order valence-electron chi connectivity index (χ0n) is 12.8. The van der Waals surface area contributed by atoms with Crippen molar-refractivity contribution in [3.63, 3.8) is 0 Å². The third-order valence-electron chi connectivity index (χ3n) is 4.49. The molecule has 1 N–H and O–H groups in total. The summed E-state index contributed by atoms with van der Waals surface area (Å²) in [6, 6.07) is 9.72. The molecular weight excluding hydrogens is 288 g/mol. The van der Waals surface area contributed by atoms with Crippen molar-refractivity contribution in [2.45, 2.75) is 18.8 Å². The van der Waals surface area contributed by atoms with Gasteiger partial charge in [0.15, 0.2) is 0 Å². The van der Waals surface area contributed by atoms with E-state index in [-0.39, 0.29) is 5.91 Å². The van der Waals surface area contributed by atoms with Gasteiger partial charge < -0.3 is 9.88 Å². The molecule has 0 aromatic carbocycles. The number of H-pyrrole nitrogens is 1. The highest BCUT2D eigenvalue weighted by Crippen LogP contribution is 2.29. The van der Waals surface area contributed by atoms with E-state index in [4.69, 9.17) is 0 Å². The summed E-state index contributed by atoms with van der Waals surface area (Å²) >= 11 is 0. The van der Waals surface area contributed by atoms with Crippen molar-refractivity contribution in [1.82, 2.24) is 19.9 Å². The Kier molecular flexibility index (Phi) is 3.54. The maximum atomic E-state index is 12.6. The van der Waals surface area contributed by atoms with Gasteiger partial charge in [0.1, 0.15) is 5.65 Å². The second-order valence-electron chi connectivity index (χ2n) is 5.99. The van der Waals surface area contributed by atoms with Crippen molar-refractivity contribution >= 4 is 16.9 Å². The first-order chi connectivity index (χ1) is 11.3. The summed E-state index contributed by atoms with van der Waals surface area (Å²) in [7, 11) is 0. The largest absolute Gasteiger partial charge is 0.343 e. The number of carbonyl (C=O) groups excluding carboxylic acids is 1. The second kappa shape index (κ2) is 5.83. The third kappa shape index (κ3) is 2.70. The number of nitrogens with zero attached hydrogens (tertiary/aromatic N) is 3. The molecule has 0 spiro atoms. The minimum atomic E-state index is 0.0892. The van der Waals surface area contributed by atoms with E-state index in [2.05, 4.69) is 27.1 Å². The quantitative estimate of drug-likeness (QED) is 0.791. The molecule has 116 valence electrons. The number of amides is 1. The molecule has 0 saturated carbocycles. The fourth-order valence-corrected chi connectivity index (χ4v) is 3.29. The number of likely N-dealkylation sites (tertiary alicyclic amines) is 1. The Balaban J connectivity index is 1.56. The van der Waals surface area contributed by atoms with Crippen LogP contribution in [0.1, 0.15) is 34.8 Å². The molecule has 1 saturated heterocycles. The van der Waals surface area contributed by atoms with Gasteiger partial charge in [0, 0.05) is 54.2 Å². The Morgan fingerprint density at radius 1 is 1.22 bits per heavy atom. The summed E-state index contributed by atoms with van der Waals surface area (Å²) in [5.74, 6) is 0.426. The first kappa shape index (κ1) is 13.9. The molecule has 0 bridgehead atoms. The molecule has 5 nitrogen and oxygen atoms in total. The van der Waals surface area contributed by atoms with Gasteiger partial charge in [-0.05, 0) is 43.2 Å². The van der Waals surface area contributed by atoms with Gasteiger partial charge in [-0.2, -0.15) is 0 Å². The number of piperidine rings is 1. The molecule has 4 heterocycles. The van der Waals surface area contributed by atoms with Gasteiger partial charge in [-0.1, -0.05) is 0 Å². The maximum Gasteiger partial charge on any atom is 0.253 e. The van der Waals surface area contributed by atoms with Gasteiger partial charge in [-0.25, -0.2) is 4.98 Å². The Hall–Kier alpha value is -2.69. The van der Waals surface area contributed by atoms with E-state index in [1.807, 2.05) is 11.0 Å². The van der Waals surface area contributed by atoms with Crippen LogP contribution in [0.5, 0.6) is 0 Å². The van der Waals surface area contributed by atoms with Gasteiger partial charge in [-0.3, -0.25) is 9.78 Å². The van der Waals surface area contributed by atoms with Crippen LogP contribution < -0.4 is 0 Å². The normalized spacial score (nSPS) is 18.3. The average Bonchev–Trinajstić information content (AvgIpc) is 3.06. The lowest BCUT2D eigenvalue weighted by molar-refractivity contribution is 0.0706. The molecule has 1 atom stereocenters. The van der Waals surface area contributed by atoms with Crippen LogP contribution in [0, 0.1) is 0 Å². The molecule has 0 radical (unpaired) electrons. The topological polar surface area (TPSA) is 61.9 Å². The van der Waals surface area contributed by atoms with Crippen LogP contribution in [0.3, 0.4) is 0 Å². The number of carbonyl (C=O) groups is 1. The zero-order chi connectivity index (χ0) is 15.6. The third-order valence-corrected chi connectivity index (χ3v) is 4.49. The summed E-state index contributed by atoms with van der Waals surface area (Å²) in [5, 5.41) is 1.13. The monoisotopic (exact) mass is 306 g/mol. The summed E-state index contributed by atoms with van der Waals surface area (Å²) in [6.07, 6.45) is 7.23. The molecule has 1 aliphatic heterocycles. The Bertz CT molecular complexity index is 794. The smallest absolute Gasteiger partial charge is 0.253 e.